The third kappa shape index (κ3) is 2.91. The fourth-order valence-corrected chi connectivity index (χ4v) is 3.61. The van der Waals surface area contributed by atoms with Gasteiger partial charge >= 0.3 is 0 Å². The molecule has 0 aliphatic carbocycles. The van der Waals surface area contributed by atoms with Crippen LogP contribution in [0.3, 0.4) is 0 Å². The number of carbonyl (C=O) groups excluding carboxylic acids is 1. The molecule has 1 aromatic carbocycles. The van der Waals surface area contributed by atoms with Gasteiger partial charge in [0.05, 0.1) is 23.6 Å². The second-order valence-electron chi connectivity index (χ2n) is 5.60. The van der Waals surface area contributed by atoms with Crippen LogP contribution in [0.25, 0.3) is 21.3 Å². The topological polar surface area (TPSA) is 81.9 Å². The number of benzene rings is 1. The number of hydrogen-bond donors (Lipinski definition) is 1. The van der Waals surface area contributed by atoms with Crippen LogP contribution in [0.1, 0.15) is 10.4 Å². The fraction of sp³-hybridized carbons (Fsp3) is 0.111. The molecule has 1 amide bonds. The minimum absolute atomic E-state index is 0.259. The van der Waals surface area contributed by atoms with Gasteiger partial charge in [-0.15, -0.1) is 0 Å². The van der Waals surface area contributed by atoms with Crippen LogP contribution in [0.15, 0.2) is 48.9 Å². The smallest absolute Gasteiger partial charge is 0.260 e. The van der Waals surface area contributed by atoms with E-state index in [0.29, 0.717) is 22.1 Å². The van der Waals surface area contributed by atoms with Gasteiger partial charge in [0.15, 0.2) is 5.13 Å². The van der Waals surface area contributed by atoms with E-state index in [1.807, 2.05) is 30.3 Å². The molecule has 0 unspecified atom stereocenters. The zero-order chi connectivity index (χ0) is 18.1. The lowest BCUT2D eigenvalue weighted by atomic mass is 10.1. The molecule has 0 bridgehead atoms. The molecule has 0 saturated carbocycles. The quantitative estimate of drug-likeness (QED) is 0.600. The van der Waals surface area contributed by atoms with Gasteiger partial charge in [-0.25, -0.2) is 9.97 Å². The summed E-state index contributed by atoms with van der Waals surface area (Å²) in [6.07, 6.45) is 4.93. The fourth-order valence-electron chi connectivity index (χ4n) is 2.62. The Morgan fingerprint density at radius 1 is 1.23 bits per heavy atom. The summed E-state index contributed by atoms with van der Waals surface area (Å²) >= 11 is 1.39. The van der Waals surface area contributed by atoms with Gasteiger partial charge in [0.25, 0.3) is 5.91 Å². The van der Waals surface area contributed by atoms with Crippen molar-refractivity contribution in [1.29, 1.82) is 0 Å². The van der Waals surface area contributed by atoms with Crippen LogP contribution >= 0.6 is 11.3 Å². The average Bonchev–Trinajstić information content (AvgIpc) is 3.27. The summed E-state index contributed by atoms with van der Waals surface area (Å²) in [6, 6.07) is 9.92. The van der Waals surface area contributed by atoms with Crippen LogP contribution < -0.4 is 10.1 Å². The Morgan fingerprint density at radius 2 is 2.04 bits per heavy atom. The van der Waals surface area contributed by atoms with Gasteiger partial charge in [-0.3, -0.25) is 14.8 Å². The van der Waals surface area contributed by atoms with E-state index in [1.165, 1.54) is 17.5 Å². The first-order chi connectivity index (χ1) is 12.7. The van der Waals surface area contributed by atoms with Crippen LogP contribution in [-0.4, -0.2) is 32.8 Å². The minimum Gasteiger partial charge on any atom is -0.479 e. The number of ether oxygens (including phenoxy) is 1. The highest BCUT2D eigenvalue weighted by Gasteiger charge is 2.17. The molecule has 0 saturated heterocycles. The summed E-state index contributed by atoms with van der Waals surface area (Å²) in [5.41, 5.74) is 3.07. The van der Waals surface area contributed by atoms with Crippen LogP contribution in [-0.2, 0) is 7.05 Å². The molecule has 0 aliphatic heterocycles. The molecule has 0 fully saturated rings. The second-order valence-corrected chi connectivity index (χ2v) is 6.60. The Labute approximate surface area is 153 Å². The standard InChI is InChI=1S/C18H15N5O2S/c1-23-10-12(8-20-23)16(24)22-18-21-14-15(26-18)13(9-19-17(14)25-2)11-6-4-3-5-7-11/h3-10H,1-2H3,(H,21,22,24). The first kappa shape index (κ1) is 16.2. The van der Waals surface area contributed by atoms with Crippen molar-refractivity contribution < 1.29 is 9.53 Å². The Balaban J connectivity index is 1.76. The number of thiazole rings is 1. The van der Waals surface area contributed by atoms with Crippen molar-refractivity contribution in [3.05, 3.63) is 54.5 Å². The molecule has 0 spiro atoms. The lowest BCUT2D eigenvalue weighted by molar-refractivity contribution is 0.102. The molecule has 0 radical (unpaired) electrons. The maximum atomic E-state index is 12.4. The van der Waals surface area contributed by atoms with E-state index < -0.39 is 0 Å². The number of nitrogens with zero attached hydrogens (tertiary/aromatic N) is 4. The predicted octanol–water partition coefficient (Wildman–Crippen LogP) is 3.35. The molecule has 4 aromatic rings. The summed E-state index contributed by atoms with van der Waals surface area (Å²) in [5.74, 6) is 0.170. The maximum Gasteiger partial charge on any atom is 0.260 e. The number of aryl methyl sites for hydroxylation is 1. The molecule has 4 rings (SSSR count). The molecule has 130 valence electrons. The lowest BCUT2D eigenvalue weighted by Crippen LogP contribution is -2.10. The van der Waals surface area contributed by atoms with E-state index in [-0.39, 0.29) is 5.91 Å². The SMILES string of the molecule is COc1ncc(-c2ccccc2)c2sc(NC(=O)c3cnn(C)c3)nc12. The van der Waals surface area contributed by atoms with Crippen LogP contribution in [0.5, 0.6) is 5.88 Å². The average molecular weight is 365 g/mol. The molecule has 0 aliphatic rings. The number of fused-ring (bicyclic) bond motifs is 1. The molecule has 3 heterocycles. The summed E-state index contributed by atoms with van der Waals surface area (Å²) < 4.78 is 7.82. The van der Waals surface area contributed by atoms with E-state index in [0.717, 1.165) is 15.8 Å². The third-order valence-corrected chi connectivity index (χ3v) is 4.86. The van der Waals surface area contributed by atoms with Crippen LogP contribution in [0, 0.1) is 0 Å². The number of hydrogen-bond acceptors (Lipinski definition) is 6. The first-order valence-corrected chi connectivity index (χ1v) is 8.66. The van der Waals surface area contributed by atoms with Gasteiger partial charge in [0.1, 0.15) is 5.52 Å². The molecule has 0 atom stereocenters. The van der Waals surface area contributed by atoms with E-state index in [4.69, 9.17) is 4.74 Å². The van der Waals surface area contributed by atoms with Gasteiger partial charge in [-0.2, -0.15) is 5.10 Å². The normalized spacial score (nSPS) is 10.8. The number of rotatable bonds is 4. The summed E-state index contributed by atoms with van der Waals surface area (Å²) in [5, 5.41) is 7.32. The van der Waals surface area contributed by atoms with Gasteiger partial charge in [0, 0.05) is 25.0 Å². The van der Waals surface area contributed by atoms with Crippen LogP contribution in [0.2, 0.25) is 0 Å². The van der Waals surface area contributed by atoms with Crippen molar-refractivity contribution in [2.45, 2.75) is 0 Å². The van der Waals surface area contributed by atoms with E-state index in [1.54, 1.807) is 31.2 Å². The Morgan fingerprint density at radius 3 is 2.73 bits per heavy atom. The van der Waals surface area contributed by atoms with E-state index >= 15 is 0 Å². The molecular formula is C18H15N5O2S. The Kier molecular flexibility index (Phi) is 4.10. The zero-order valence-corrected chi connectivity index (χ0v) is 14.9. The number of aromatic nitrogens is 4. The molecule has 7 nitrogen and oxygen atoms in total. The number of anilines is 1. The first-order valence-electron chi connectivity index (χ1n) is 7.84. The minimum atomic E-state index is -0.259. The summed E-state index contributed by atoms with van der Waals surface area (Å²) in [6.45, 7) is 0. The van der Waals surface area contributed by atoms with Gasteiger partial charge in [-0.05, 0) is 5.56 Å². The van der Waals surface area contributed by atoms with Crippen molar-refractivity contribution >= 4 is 32.6 Å². The van der Waals surface area contributed by atoms with Crippen molar-refractivity contribution in [3.63, 3.8) is 0 Å². The Hall–Kier alpha value is -3.26. The molecule has 3 aromatic heterocycles. The van der Waals surface area contributed by atoms with Crippen molar-refractivity contribution in [2.75, 3.05) is 12.4 Å². The highest BCUT2D eigenvalue weighted by atomic mass is 32.1. The predicted molar refractivity (Wildman–Crippen MR) is 101 cm³/mol. The molecule has 1 N–H and O–H groups in total. The lowest BCUT2D eigenvalue weighted by Gasteiger charge is -2.04. The molecular weight excluding hydrogens is 350 g/mol. The molecule has 26 heavy (non-hydrogen) atoms. The summed E-state index contributed by atoms with van der Waals surface area (Å²) in [4.78, 5) is 21.2. The maximum absolute atomic E-state index is 12.4. The van der Waals surface area contributed by atoms with Gasteiger partial charge in [-0.1, -0.05) is 41.7 Å². The summed E-state index contributed by atoms with van der Waals surface area (Å²) in [7, 11) is 3.31. The largest absolute Gasteiger partial charge is 0.479 e. The molecule has 8 heteroatoms. The number of methoxy groups -OCH3 is 1. The number of pyridine rings is 1. The van der Waals surface area contributed by atoms with Crippen molar-refractivity contribution in [1.82, 2.24) is 19.7 Å². The van der Waals surface area contributed by atoms with E-state index in [9.17, 15) is 4.79 Å². The second kappa shape index (κ2) is 6.57. The highest BCUT2D eigenvalue weighted by Crippen LogP contribution is 2.38. The van der Waals surface area contributed by atoms with Gasteiger partial charge in [0.2, 0.25) is 5.88 Å². The van der Waals surface area contributed by atoms with Gasteiger partial charge < -0.3 is 4.74 Å². The van der Waals surface area contributed by atoms with E-state index in [2.05, 4.69) is 20.4 Å². The third-order valence-electron chi connectivity index (χ3n) is 3.85. The number of nitrogens with one attached hydrogen (secondary N) is 1. The number of carbonyl (C=O) groups is 1. The highest BCUT2D eigenvalue weighted by molar-refractivity contribution is 7.23. The number of amides is 1. The van der Waals surface area contributed by atoms with Crippen LogP contribution in [0.4, 0.5) is 5.13 Å². The monoisotopic (exact) mass is 365 g/mol. The van der Waals surface area contributed by atoms with Crippen molar-refractivity contribution in [2.24, 2.45) is 7.05 Å². The zero-order valence-electron chi connectivity index (χ0n) is 14.1. The van der Waals surface area contributed by atoms with Crippen molar-refractivity contribution in [3.8, 4) is 17.0 Å². The Bertz CT molecular complexity index is 1090.